The van der Waals surface area contributed by atoms with Gasteiger partial charge in [0.15, 0.2) is 0 Å². The highest BCUT2D eigenvalue weighted by atomic mass is 27.1. The summed E-state index contributed by atoms with van der Waals surface area (Å²) < 4.78 is 0. The minimum absolute atomic E-state index is 0.0432. The van der Waals surface area contributed by atoms with E-state index in [-0.39, 0.29) is 15.2 Å². The van der Waals surface area contributed by atoms with Crippen LogP contribution in [0.1, 0.15) is 13.3 Å². The molecule has 0 aliphatic carbocycles. The quantitative estimate of drug-likeness (QED) is 0.301. The maximum atomic E-state index is 9.71. The zero-order chi connectivity index (χ0) is 5.54. The predicted molar refractivity (Wildman–Crippen MR) is 33.1 cm³/mol. The van der Waals surface area contributed by atoms with E-state index in [9.17, 15) is 4.79 Å². The van der Waals surface area contributed by atoms with Crippen LogP contribution in [-0.2, 0) is 4.79 Å². The molecule has 0 saturated heterocycles. The van der Waals surface area contributed by atoms with Crippen molar-refractivity contribution in [3.63, 3.8) is 0 Å². The van der Waals surface area contributed by atoms with Crippen LogP contribution in [0.4, 0.5) is 0 Å². The van der Waals surface area contributed by atoms with Crippen LogP contribution in [0.5, 0.6) is 0 Å². The lowest BCUT2D eigenvalue weighted by atomic mass is 10.6. The maximum absolute atomic E-state index is 9.71. The number of aldehydes is 1. The summed E-state index contributed by atoms with van der Waals surface area (Å²) in [7, 11) is 0. The highest BCUT2D eigenvalue weighted by molar-refractivity contribution is 6.39. The molecule has 0 spiro atoms. The van der Waals surface area contributed by atoms with Crippen molar-refractivity contribution in [2.45, 2.75) is 23.9 Å². The third-order valence-electron chi connectivity index (χ3n) is 0.926. The van der Waals surface area contributed by atoms with Crippen molar-refractivity contribution < 1.29 is 4.79 Å². The third kappa shape index (κ3) is 6.20. The van der Waals surface area contributed by atoms with Crippen molar-refractivity contribution in [2.75, 3.05) is 0 Å². The lowest BCUT2D eigenvalue weighted by molar-refractivity contribution is -0.106. The van der Waals surface area contributed by atoms with Crippen LogP contribution in [0.2, 0.25) is 10.6 Å². The fraction of sp³-hybridized carbons (Fsp3) is 0.800. The largest absolute Gasteiger partial charge is 0.305 e. The van der Waals surface area contributed by atoms with Gasteiger partial charge >= 0.3 is 0 Å². The van der Waals surface area contributed by atoms with Crippen molar-refractivity contribution in [3.05, 3.63) is 0 Å². The Morgan fingerprint density at radius 1 is 1.71 bits per heavy atom. The maximum Gasteiger partial charge on any atom is 0.247 e. The Hall–Kier alpha value is 0.202. The van der Waals surface area contributed by atoms with Crippen molar-refractivity contribution in [1.82, 2.24) is 0 Å². The molecule has 2 heteroatoms. The predicted octanol–water partition coefficient (Wildman–Crippen LogP) is 0.868. The molecule has 0 aliphatic rings. The monoisotopic (exact) mass is 114 g/mol. The summed E-state index contributed by atoms with van der Waals surface area (Å²) in [6, 6.07) is 0. The van der Waals surface area contributed by atoms with Crippen LogP contribution in [-0.4, -0.2) is 21.5 Å². The van der Waals surface area contributed by atoms with Gasteiger partial charge in [0.05, 0.1) is 0 Å². The lowest BCUT2D eigenvalue weighted by Crippen LogP contribution is -1.86. The topological polar surface area (TPSA) is 17.1 Å². The zero-order valence-electron chi connectivity index (χ0n) is 4.81. The first-order chi connectivity index (χ1) is 3.41. The van der Waals surface area contributed by atoms with Crippen LogP contribution in [0.15, 0.2) is 0 Å². The van der Waals surface area contributed by atoms with E-state index in [0.29, 0.717) is 0 Å². The highest BCUT2D eigenvalue weighted by Crippen LogP contribution is 1.86. The Labute approximate surface area is 50.8 Å². The van der Waals surface area contributed by atoms with Gasteiger partial charge < -0.3 is 4.79 Å². The van der Waals surface area contributed by atoms with E-state index in [1.54, 1.807) is 0 Å². The second kappa shape index (κ2) is 6.20. The van der Waals surface area contributed by atoms with Gasteiger partial charge in [-0.15, -0.1) is 0 Å². The average molecular weight is 114 g/mol. The molecule has 7 heavy (non-hydrogen) atoms. The number of hydrogen-bond acceptors (Lipinski definition) is 1. The SMILES string of the molecule is CC[CH2][AlH][CH2]C=O. The summed E-state index contributed by atoms with van der Waals surface area (Å²) in [5.41, 5.74) is 0. The molecular weight excluding hydrogens is 103 g/mol. The molecule has 0 unspecified atom stereocenters. The minimum atomic E-state index is 0.0432. The number of rotatable bonds is 4. The van der Waals surface area contributed by atoms with Crippen molar-refractivity contribution in [3.8, 4) is 0 Å². The van der Waals surface area contributed by atoms with Gasteiger partial charge in [0.25, 0.3) is 0 Å². The number of carbonyl (C=O) groups is 1. The molecule has 0 bridgehead atoms. The molecule has 0 aromatic rings. The van der Waals surface area contributed by atoms with E-state index in [1.165, 1.54) is 11.7 Å². The summed E-state index contributed by atoms with van der Waals surface area (Å²) in [5.74, 6) is 0. The van der Waals surface area contributed by atoms with Crippen LogP contribution in [0.25, 0.3) is 0 Å². The summed E-state index contributed by atoms with van der Waals surface area (Å²) >= 11 is 0.0432. The van der Waals surface area contributed by atoms with Crippen molar-refractivity contribution in [1.29, 1.82) is 0 Å². The number of hydrogen-bond donors (Lipinski definition) is 0. The molecule has 0 heterocycles. The van der Waals surface area contributed by atoms with Gasteiger partial charge in [-0.1, -0.05) is 18.6 Å². The molecule has 0 N–H and O–H groups in total. The van der Waals surface area contributed by atoms with E-state index < -0.39 is 0 Å². The van der Waals surface area contributed by atoms with Crippen LogP contribution in [0, 0.1) is 0 Å². The first kappa shape index (κ1) is 7.20. The molecule has 0 amide bonds. The molecule has 1 nitrogen and oxygen atoms in total. The van der Waals surface area contributed by atoms with Gasteiger partial charge in [0.2, 0.25) is 15.2 Å². The Balaban J connectivity index is 2.56. The van der Waals surface area contributed by atoms with Crippen LogP contribution >= 0.6 is 0 Å². The molecule has 0 aromatic carbocycles. The molecule has 0 fully saturated rings. The molecule has 0 radical (unpaired) electrons. The molecule has 40 valence electrons. The molecular formula is C5H11AlO. The second-order valence-corrected chi connectivity index (χ2v) is 3.65. The van der Waals surface area contributed by atoms with Gasteiger partial charge in [-0.2, -0.15) is 0 Å². The van der Waals surface area contributed by atoms with Crippen molar-refractivity contribution >= 4 is 21.5 Å². The van der Waals surface area contributed by atoms with Gasteiger partial charge in [-0.3, -0.25) is 0 Å². The van der Waals surface area contributed by atoms with E-state index in [1.807, 2.05) is 0 Å². The van der Waals surface area contributed by atoms with E-state index in [4.69, 9.17) is 0 Å². The standard InChI is InChI=1S/C3H7.C2H3O.Al.H/c1-3-2;1-2-3;;/h1,3H2,2H3;2H,1H2;;. The molecule has 0 aromatic heterocycles. The Morgan fingerprint density at radius 2 is 2.43 bits per heavy atom. The fourth-order valence-electron chi connectivity index (χ4n) is 0.478. The Bertz CT molecular complexity index is 45.3. The van der Waals surface area contributed by atoms with Gasteiger partial charge in [0, 0.05) is 0 Å². The zero-order valence-corrected chi connectivity index (χ0v) is 6.23. The van der Waals surface area contributed by atoms with Crippen LogP contribution < -0.4 is 0 Å². The molecule has 0 saturated carbocycles. The summed E-state index contributed by atoms with van der Waals surface area (Å²) in [6.07, 6.45) is 2.31. The van der Waals surface area contributed by atoms with Gasteiger partial charge in [-0.05, 0) is 5.28 Å². The molecule has 0 atom stereocenters. The average Bonchev–Trinajstić information content (AvgIpc) is 1.69. The lowest BCUT2D eigenvalue weighted by Gasteiger charge is -1.81. The minimum Gasteiger partial charge on any atom is -0.305 e. The van der Waals surface area contributed by atoms with Crippen LogP contribution in [0.3, 0.4) is 0 Å². The third-order valence-corrected chi connectivity index (χ3v) is 2.78. The second-order valence-electron chi connectivity index (χ2n) is 1.66. The molecule has 0 aliphatic heterocycles. The van der Waals surface area contributed by atoms with E-state index in [2.05, 4.69) is 6.92 Å². The fourth-order valence-corrected chi connectivity index (χ4v) is 1.43. The normalized spacial score (nSPS) is 8.14. The summed E-state index contributed by atoms with van der Waals surface area (Å²) in [4.78, 5) is 9.71. The number of carbonyl (C=O) groups excluding carboxylic acids is 1. The Morgan fingerprint density at radius 3 is 2.86 bits per heavy atom. The van der Waals surface area contributed by atoms with Gasteiger partial charge in [-0.25, -0.2) is 0 Å². The van der Waals surface area contributed by atoms with E-state index in [0.717, 1.165) is 11.6 Å². The summed E-state index contributed by atoms with van der Waals surface area (Å²) in [6.45, 7) is 2.16. The van der Waals surface area contributed by atoms with Crippen molar-refractivity contribution in [2.24, 2.45) is 0 Å². The van der Waals surface area contributed by atoms with E-state index >= 15 is 0 Å². The molecule has 0 rings (SSSR count). The smallest absolute Gasteiger partial charge is 0.247 e. The highest BCUT2D eigenvalue weighted by Gasteiger charge is 1.86. The summed E-state index contributed by atoms with van der Waals surface area (Å²) in [5, 5.41) is 2.21. The first-order valence-electron chi connectivity index (χ1n) is 2.85. The van der Waals surface area contributed by atoms with Gasteiger partial charge in [0.1, 0.15) is 6.29 Å². The first-order valence-corrected chi connectivity index (χ1v) is 4.85. The Kier molecular flexibility index (Phi) is 6.38.